The van der Waals surface area contributed by atoms with E-state index < -0.39 is 0 Å². The molecule has 21 heavy (non-hydrogen) atoms. The van der Waals surface area contributed by atoms with E-state index >= 15 is 0 Å². The molecule has 1 amide bonds. The topological polar surface area (TPSA) is 75.3 Å². The highest BCUT2D eigenvalue weighted by Gasteiger charge is 2.11. The molecule has 0 bridgehead atoms. The van der Waals surface area contributed by atoms with Crippen molar-refractivity contribution >= 4 is 11.6 Å². The molecule has 2 rings (SSSR count). The van der Waals surface area contributed by atoms with Gasteiger partial charge in [0.15, 0.2) is 0 Å². The van der Waals surface area contributed by atoms with Crippen LogP contribution in [0, 0.1) is 6.92 Å². The van der Waals surface area contributed by atoms with E-state index in [0.717, 1.165) is 29.7 Å². The Morgan fingerprint density at radius 2 is 2.05 bits per heavy atom. The van der Waals surface area contributed by atoms with Crippen molar-refractivity contribution in [2.24, 2.45) is 5.73 Å². The molecular weight excluding hydrogens is 264 g/mol. The minimum atomic E-state index is -0.313. The molecule has 0 aromatic heterocycles. The Balaban J connectivity index is 2.14. The molecule has 4 nitrogen and oxygen atoms in total. The van der Waals surface area contributed by atoms with E-state index in [2.05, 4.69) is 5.32 Å². The lowest BCUT2D eigenvalue weighted by Crippen LogP contribution is -2.12. The molecule has 0 saturated heterocycles. The Morgan fingerprint density at radius 1 is 1.24 bits per heavy atom. The second-order valence-electron chi connectivity index (χ2n) is 5.07. The van der Waals surface area contributed by atoms with Crippen molar-refractivity contribution in [1.29, 1.82) is 0 Å². The summed E-state index contributed by atoms with van der Waals surface area (Å²) in [7, 11) is 0. The van der Waals surface area contributed by atoms with Crippen molar-refractivity contribution in [2.75, 3.05) is 11.9 Å². The summed E-state index contributed by atoms with van der Waals surface area (Å²) in [6.45, 7) is 2.53. The van der Waals surface area contributed by atoms with Crippen LogP contribution in [0.5, 0.6) is 5.75 Å². The van der Waals surface area contributed by atoms with Crippen LogP contribution in [0.4, 0.5) is 5.69 Å². The molecular formula is C17H20N2O2. The lowest BCUT2D eigenvalue weighted by molar-refractivity contribution is 0.102. The quantitative estimate of drug-likeness (QED) is 0.790. The fourth-order valence-corrected chi connectivity index (χ4v) is 2.14. The first-order valence-electron chi connectivity index (χ1n) is 7.00. The number of carbonyl (C=O) groups excluding carboxylic acids is 1. The highest BCUT2D eigenvalue weighted by molar-refractivity contribution is 6.06. The third-order valence-electron chi connectivity index (χ3n) is 3.25. The number of amides is 1. The predicted molar refractivity (Wildman–Crippen MR) is 84.6 cm³/mol. The Hall–Kier alpha value is -2.33. The van der Waals surface area contributed by atoms with Crippen LogP contribution in [0.25, 0.3) is 0 Å². The molecule has 0 radical (unpaired) electrons. The summed E-state index contributed by atoms with van der Waals surface area (Å²) in [6.07, 6.45) is 1.80. The third-order valence-corrected chi connectivity index (χ3v) is 3.25. The molecule has 0 spiro atoms. The minimum Gasteiger partial charge on any atom is -0.507 e. The highest BCUT2D eigenvalue weighted by atomic mass is 16.3. The first kappa shape index (κ1) is 15.1. The van der Waals surface area contributed by atoms with E-state index in [1.165, 1.54) is 6.07 Å². The Labute approximate surface area is 124 Å². The number of phenols is 1. The second kappa shape index (κ2) is 6.90. The number of carbonyl (C=O) groups is 1. The summed E-state index contributed by atoms with van der Waals surface area (Å²) >= 11 is 0. The smallest absolute Gasteiger partial charge is 0.259 e. The molecule has 0 fully saturated rings. The molecule has 4 N–H and O–H groups in total. The van der Waals surface area contributed by atoms with Gasteiger partial charge in [0.1, 0.15) is 5.75 Å². The van der Waals surface area contributed by atoms with Crippen molar-refractivity contribution in [3.05, 3.63) is 59.2 Å². The number of hydrogen-bond donors (Lipinski definition) is 3. The largest absolute Gasteiger partial charge is 0.507 e. The number of phenolic OH excluding ortho intramolecular Hbond substituents is 1. The lowest BCUT2D eigenvalue weighted by atomic mass is 10.1. The fraction of sp³-hybridized carbons (Fsp3) is 0.235. The molecule has 0 atom stereocenters. The van der Waals surface area contributed by atoms with Gasteiger partial charge < -0.3 is 16.2 Å². The van der Waals surface area contributed by atoms with E-state index in [4.69, 9.17) is 5.73 Å². The van der Waals surface area contributed by atoms with Gasteiger partial charge in [-0.15, -0.1) is 0 Å². The summed E-state index contributed by atoms with van der Waals surface area (Å²) in [5.41, 5.74) is 8.56. The van der Waals surface area contributed by atoms with Crippen molar-refractivity contribution in [2.45, 2.75) is 19.8 Å². The maximum Gasteiger partial charge on any atom is 0.259 e. The Kier molecular flexibility index (Phi) is 4.95. The van der Waals surface area contributed by atoms with Gasteiger partial charge in [0.05, 0.1) is 5.56 Å². The lowest BCUT2D eigenvalue weighted by Gasteiger charge is -2.09. The van der Waals surface area contributed by atoms with Crippen LogP contribution in [0.1, 0.15) is 27.9 Å². The summed E-state index contributed by atoms with van der Waals surface area (Å²) in [5.74, 6) is -0.329. The first-order valence-corrected chi connectivity index (χ1v) is 7.00. The van der Waals surface area contributed by atoms with Crippen molar-refractivity contribution in [3.8, 4) is 5.75 Å². The molecule has 110 valence electrons. The number of nitrogens with two attached hydrogens (primary N) is 1. The number of rotatable bonds is 5. The SMILES string of the molecule is Cc1ccc(O)c(C(=O)Nc2cccc(CCCN)c2)c1. The van der Waals surface area contributed by atoms with Gasteiger partial charge in [-0.2, -0.15) is 0 Å². The van der Waals surface area contributed by atoms with Crippen LogP contribution < -0.4 is 11.1 Å². The fourth-order valence-electron chi connectivity index (χ4n) is 2.14. The molecule has 0 heterocycles. The summed E-state index contributed by atoms with van der Waals surface area (Å²) in [4.78, 5) is 12.2. The molecule has 2 aromatic carbocycles. The van der Waals surface area contributed by atoms with Crippen molar-refractivity contribution in [3.63, 3.8) is 0 Å². The van der Waals surface area contributed by atoms with Crippen LogP contribution in [-0.2, 0) is 6.42 Å². The molecule has 0 saturated carbocycles. The van der Waals surface area contributed by atoms with E-state index in [1.54, 1.807) is 12.1 Å². The van der Waals surface area contributed by atoms with Crippen molar-refractivity contribution < 1.29 is 9.90 Å². The van der Waals surface area contributed by atoms with Crippen molar-refractivity contribution in [1.82, 2.24) is 0 Å². The molecule has 4 heteroatoms. The first-order chi connectivity index (χ1) is 10.1. The van der Waals surface area contributed by atoms with Crippen LogP contribution in [-0.4, -0.2) is 17.6 Å². The zero-order valence-corrected chi connectivity index (χ0v) is 12.1. The summed E-state index contributed by atoms with van der Waals surface area (Å²) < 4.78 is 0. The normalized spacial score (nSPS) is 10.4. The molecule has 0 unspecified atom stereocenters. The number of nitrogens with one attached hydrogen (secondary N) is 1. The zero-order valence-electron chi connectivity index (χ0n) is 12.1. The predicted octanol–water partition coefficient (Wildman–Crippen LogP) is 2.84. The highest BCUT2D eigenvalue weighted by Crippen LogP contribution is 2.20. The van der Waals surface area contributed by atoms with Gasteiger partial charge >= 0.3 is 0 Å². The van der Waals surface area contributed by atoms with E-state index in [9.17, 15) is 9.90 Å². The Bertz CT molecular complexity index is 638. The van der Waals surface area contributed by atoms with Gasteiger partial charge in [0, 0.05) is 5.69 Å². The summed E-state index contributed by atoms with van der Waals surface area (Å²) in [6, 6.07) is 12.6. The van der Waals surface area contributed by atoms with Gasteiger partial charge in [-0.05, 0) is 56.1 Å². The number of benzene rings is 2. The van der Waals surface area contributed by atoms with Crippen LogP contribution in [0.2, 0.25) is 0 Å². The zero-order chi connectivity index (χ0) is 15.2. The molecule has 0 aliphatic heterocycles. The minimum absolute atomic E-state index is 0.0163. The number of hydrogen-bond acceptors (Lipinski definition) is 3. The maximum atomic E-state index is 12.2. The van der Waals surface area contributed by atoms with Gasteiger partial charge in [-0.25, -0.2) is 0 Å². The van der Waals surface area contributed by atoms with Crippen LogP contribution in [0.3, 0.4) is 0 Å². The van der Waals surface area contributed by atoms with Crippen LogP contribution in [0.15, 0.2) is 42.5 Å². The van der Waals surface area contributed by atoms with E-state index in [0.29, 0.717) is 6.54 Å². The van der Waals surface area contributed by atoms with Gasteiger partial charge in [-0.1, -0.05) is 23.8 Å². The van der Waals surface area contributed by atoms with E-state index in [-0.39, 0.29) is 17.2 Å². The average molecular weight is 284 g/mol. The van der Waals surface area contributed by atoms with Gasteiger partial charge in [0.25, 0.3) is 5.91 Å². The standard InChI is InChI=1S/C17H20N2O2/c1-12-7-8-16(20)15(10-12)17(21)19-14-6-2-4-13(11-14)5-3-9-18/h2,4,6-8,10-11,20H,3,5,9,18H2,1H3,(H,19,21). The van der Waals surface area contributed by atoms with Gasteiger partial charge in [-0.3, -0.25) is 4.79 Å². The monoisotopic (exact) mass is 284 g/mol. The molecule has 0 aliphatic rings. The van der Waals surface area contributed by atoms with Crippen LogP contribution >= 0.6 is 0 Å². The Morgan fingerprint density at radius 3 is 2.81 bits per heavy atom. The number of anilines is 1. The number of aromatic hydroxyl groups is 1. The summed E-state index contributed by atoms with van der Waals surface area (Å²) in [5, 5.41) is 12.6. The van der Waals surface area contributed by atoms with Gasteiger partial charge in [0.2, 0.25) is 0 Å². The second-order valence-corrected chi connectivity index (χ2v) is 5.07. The number of aryl methyl sites for hydroxylation is 2. The van der Waals surface area contributed by atoms with E-state index in [1.807, 2.05) is 31.2 Å². The molecule has 2 aromatic rings. The average Bonchev–Trinajstić information content (AvgIpc) is 2.48. The maximum absolute atomic E-state index is 12.2. The third kappa shape index (κ3) is 4.07. The molecule has 0 aliphatic carbocycles.